The number of carbonyl (C=O) groups is 1. The molecule has 0 atom stereocenters. The normalized spacial score (nSPS) is 18.0. The minimum absolute atomic E-state index is 0.248. The first-order valence-electron chi connectivity index (χ1n) is 10.5. The Hall–Kier alpha value is -2.61. The van der Waals surface area contributed by atoms with Crippen LogP contribution in [0, 0.1) is 5.41 Å². The van der Waals surface area contributed by atoms with Crippen molar-refractivity contribution in [1.82, 2.24) is 0 Å². The molecule has 0 aliphatic heterocycles. The Bertz CT molecular complexity index is 846. The Labute approximate surface area is 176 Å². The van der Waals surface area contributed by atoms with Crippen LogP contribution in [0.2, 0.25) is 0 Å². The largest absolute Gasteiger partial charge is 0.463 e. The molecule has 0 unspecified atom stereocenters. The van der Waals surface area contributed by atoms with Crippen molar-refractivity contribution in [3.05, 3.63) is 89.1 Å². The van der Waals surface area contributed by atoms with Crippen LogP contribution in [-0.4, -0.2) is 12.6 Å². The van der Waals surface area contributed by atoms with Crippen LogP contribution in [0.3, 0.4) is 0 Å². The van der Waals surface area contributed by atoms with E-state index in [2.05, 4.69) is 45.9 Å². The van der Waals surface area contributed by atoms with Gasteiger partial charge < -0.3 is 4.74 Å². The summed E-state index contributed by atoms with van der Waals surface area (Å²) in [6.45, 7) is 11.2. The number of esters is 1. The van der Waals surface area contributed by atoms with Gasteiger partial charge in [0, 0.05) is 6.08 Å². The third kappa shape index (κ3) is 7.05. The molecule has 0 N–H and O–H groups in total. The molecule has 2 rings (SSSR count). The maximum absolute atomic E-state index is 11.9. The Balaban J connectivity index is 2.18. The highest BCUT2D eigenvalue weighted by Gasteiger charge is 2.26. The molecule has 0 amide bonds. The van der Waals surface area contributed by atoms with Crippen molar-refractivity contribution in [3.8, 4) is 0 Å². The first kappa shape index (κ1) is 22.7. The Kier molecular flexibility index (Phi) is 8.45. The second-order valence-electron chi connectivity index (χ2n) is 8.25. The van der Waals surface area contributed by atoms with E-state index in [9.17, 15) is 4.79 Å². The van der Waals surface area contributed by atoms with Crippen molar-refractivity contribution in [1.29, 1.82) is 0 Å². The van der Waals surface area contributed by atoms with Crippen LogP contribution in [0.15, 0.2) is 83.5 Å². The van der Waals surface area contributed by atoms with Gasteiger partial charge in [-0.15, -0.1) is 0 Å². The van der Waals surface area contributed by atoms with E-state index in [-0.39, 0.29) is 11.4 Å². The fourth-order valence-electron chi connectivity index (χ4n) is 3.75. The van der Waals surface area contributed by atoms with Gasteiger partial charge in [-0.1, -0.05) is 85.7 Å². The lowest BCUT2D eigenvalue weighted by atomic mass is 9.72. The first-order chi connectivity index (χ1) is 13.8. The summed E-state index contributed by atoms with van der Waals surface area (Å²) in [5.74, 6) is -0.321. The van der Waals surface area contributed by atoms with Gasteiger partial charge in [-0.2, -0.15) is 0 Å². The van der Waals surface area contributed by atoms with E-state index in [4.69, 9.17) is 4.74 Å². The molecular formula is C27H34O2. The fourth-order valence-corrected chi connectivity index (χ4v) is 3.75. The smallest absolute Gasteiger partial charge is 0.331 e. The summed E-state index contributed by atoms with van der Waals surface area (Å²) < 4.78 is 5.08. The van der Waals surface area contributed by atoms with Crippen molar-refractivity contribution < 1.29 is 9.53 Å². The molecule has 0 fully saturated rings. The molecule has 2 nitrogen and oxygen atoms in total. The van der Waals surface area contributed by atoms with Gasteiger partial charge in [0.1, 0.15) is 0 Å². The van der Waals surface area contributed by atoms with Crippen LogP contribution in [0.5, 0.6) is 0 Å². The summed E-state index contributed by atoms with van der Waals surface area (Å²) in [6.07, 6.45) is 15.8. The molecule has 1 aliphatic carbocycles. The number of benzene rings is 1. The molecule has 0 heterocycles. The minimum Gasteiger partial charge on any atom is -0.463 e. The summed E-state index contributed by atoms with van der Waals surface area (Å²) >= 11 is 0. The van der Waals surface area contributed by atoms with Crippen molar-refractivity contribution in [2.24, 2.45) is 5.41 Å². The molecule has 1 aliphatic rings. The zero-order valence-electron chi connectivity index (χ0n) is 18.5. The SMILES string of the molecule is CCOC(=O)\C=C(/C=C/C=C(C)/C=C/C1=C(C)CCCC1(C)C)c1ccccc1. The van der Waals surface area contributed by atoms with Crippen LogP contribution in [-0.2, 0) is 9.53 Å². The summed E-state index contributed by atoms with van der Waals surface area (Å²) in [6, 6.07) is 9.88. The topological polar surface area (TPSA) is 26.3 Å². The molecule has 0 bridgehead atoms. The van der Waals surface area contributed by atoms with E-state index < -0.39 is 0 Å². The lowest BCUT2D eigenvalue weighted by molar-refractivity contribution is -0.137. The monoisotopic (exact) mass is 390 g/mol. The van der Waals surface area contributed by atoms with Crippen molar-refractivity contribution in [3.63, 3.8) is 0 Å². The van der Waals surface area contributed by atoms with Gasteiger partial charge in [0.2, 0.25) is 0 Å². The van der Waals surface area contributed by atoms with Crippen molar-refractivity contribution in [2.75, 3.05) is 6.61 Å². The van der Waals surface area contributed by atoms with Crippen LogP contribution in [0.4, 0.5) is 0 Å². The Morgan fingerprint density at radius 3 is 2.55 bits per heavy atom. The van der Waals surface area contributed by atoms with E-state index in [1.807, 2.05) is 49.4 Å². The van der Waals surface area contributed by atoms with Gasteiger partial charge in [0.25, 0.3) is 0 Å². The first-order valence-corrected chi connectivity index (χ1v) is 10.5. The molecule has 0 saturated carbocycles. The second kappa shape index (κ2) is 10.8. The number of hydrogen-bond donors (Lipinski definition) is 0. The quantitative estimate of drug-likeness (QED) is 0.279. The van der Waals surface area contributed by atoms with Crippen LogP contribution in [0.25, 0.3) is 5.57 Å². The molecule has 29 heavy (non-hydrogen) atoms. The zero-order valence-corrected chi connectivity index (χ0v) is 18.5. The number of ether oxygens (including phenoxy) is 1. The third-order valence-corrected chi connectivity index (χ3v) is 5.36. The molecule has 0 aromatic heterocycles. The van der Waals surface area contributed by atoms with E-state index in [0.717, 1.165) is 11.1 Å². The minimum atomic E-state index is -0.321. The number of allylic oxidation sites excluding steroid dienone is 9. The molecule has 1 aromatic rings. The maximum atomic E-state index is 11.9. The number of hydrogen-bond acceptors (Lipinski definition) is 2. The predicted octanol–water partition coefficient (Wildman–Crippen LogP) is 7.22. The number of carbonyl (C=O) groups excluding carboxylic acids is 1. The van der Waals surface area contributed by atoms with Gasteiger partial charge in [0.15, 0.2) is 0 Å². The molecular weight excluding hydrogens is 356 g/mol. The second-order valence-corrected chi connectivity index (χ2v) is 8.25. The molecule has 0 saturated heterocycles. The standard InChI is InChI=1S/C27H34O2/c1-6-29-26(28)20-24(23-14-8-7-9-15-23)16-10-12-21(2)17-18-25-22(3)13-11-19-27(25,4)5/h7-10,12,14-18,20H,6,11,13,19H2,1-5H3/b16-10+,18-17+,21-12+,24-20+. The molecule has 0 radical (unpaired) electrons. The Morgan fingerprint density at radius 2 is 1.90 bits per heavy atom. The van der Waals surface area contributed by atoms with Crippen LogP contribution < -0.4 is 0 Å². The van der Waals surface area contributed by atoms with Gasteiger partial charge >= 0.3 is 5.97 Å². The lowest BCUT2D eigenvalue weighted by Gasteiger charge is -2.32. The predicted molar refractivity (Wildman–Crippen MR) is 123 cm³/mol. The van der Waals surface area contributed by atoms with Gasteiger partial charge in [-0.25, -0.2) is 4.79 Å². The summed E-state index contributed by atoms with van der Waals surface area (Å²) in [7, 11) is 0. The van der Waals surface area contributed by atoms with Crippen molar-refractivity contribution >= 4 is 11.5 Å². The highest BCUT2D eigenvalue weighted by atomic mass is 16.5. The summed E-state index contributed by atoms with van der Waals surface area (Å²) in [4.78, 5) is 11.9. The summed E-state index contributed by atoms with van der Waals surface area (Å²) in [5.41, 5.74) is 6.22. The molecule has 154 valence electrons. The highest BCUT2D eigenvalue weighted by Crippen LogP contribution is 2.40. The van der Waals surface area contributed by atoms with Crippen LogP contribution in [0.1, 0.15) is 59.4 Å². The van der Waals surface area contributed by atoms with E-state index >= 15 is 0 Å². The maximum Gasteiger partial charge on any atom is 0.331 e. The van der Waals surface area contributed by atoms with Gasteiger partial charge in [0.05, 0.1) is 6.61 Å². The number of rotatable bonds is 7. The lowest BCUT2D eigenvalue weighted by Crippen LogP contribution is -2.19. The Morgan fingerprint density at radius 1 is 1.17 bits per heavy atom. The fraction of sp³-hybridized carbons (Fsp3) is 0.370. The zero-order chi connectivity index (χ0) is 21.3. The van der Waals surface area contributed by atoms with Crippen LogP contribution >= 0.6 is 0 Å². The van der Waals surface area contributed by atoms with E-state index in [0.29, 0.717) is 6.61 Å². The van der Waals surface area contributed by atoms with E-state index in [1.54, 1.807) is 6.08 Å². The molecule has 2 heteroatoms. The van der Waals surface area contributed by atoms with Crippen molar-refractivity contribution in [2.45, 2.75) is 53.9 Å². The summed E-state index contributed by atoms with van der Waals surface area (Å²) in [5, 5.41) is 0. The molecule has 1 aromatic carbocycles. The highest BCUT2D eigenvalue weighted by molar-refractivity contribution is 5.94. The van der Waals surface area contributed by atoms with Gasteiger partial charge in [-0.3, -0.25) is 0 Å². The average Bonchev–Trinajstić information content (AvgIpc) is 2.67. The van der Waals surface area contributed by atoms with Gasteiger partial charge in [-0.05, 0) is 62.2 Å². The molecule has 0 spiro atoms. The average molecular weight is 391 g/mol. The van der Waals surface area contributed by atoms with E-state index in [1.165, 1.54) is 36.0 Å². The third-order valence-electron chi connectivity index (χ3n) is 5.36.